The number of halogens is 2. The van der Waals surface area contributed by atoms with Gasteiger partial charge < -0.3 is 34.0 Å². The first-order valence-electron chi connectivity index (χ1n) is 18.9. The zero-order valence-electron chi connectivity index (χ0n) is 32.0. The van der Waals surface area contributed by atoms with Gasteiger partial charge in [-0.05, 0) is 101 Å². The molecular weight excluding hydrogens is 795 g/mol. The number of carboxylic acid groups (broad SMARTS) is 1. The molecule has 0 bridgehead atoms. The highest BCUT2D eigenvalue weighted by atomic mass is 35.5. The number of rotatable bonds is 11. The quantitative estimate of drug-likeness (QED) is 0.131. The minimum absolute atomic E-state index is 0.0201. The number of benzene rings is 4. The molecule has 0 unspecified atom stereocenters. The van der Waals surface area contributed by atoms with Crippen molar-refractivity contribution in [2.75, 3.05) is 6.61 Å². The van der Waals surface area contributed by atoms with E-state index in [2.05, 4.69) is 15.3 Å². The van der Waals surface area contributed by atoms with Crippen molar-refractivity contribution in [3.8, 4) is 28.4 Å². The van der Waals surface area contributed by atoms with Crippen LogP contribution in [-0.4, -0.2) is 56.4 Å². The van der Waals surface area contributed by atoms with Crippen LogP contribution < -0.4 is 19.5 Å². The number of carbonyl (C=O) groups excluding carboxylic acids is 2. The van der Waals surface area contributed by atoms with E-state index in [1.165, 1.54) is 11.1 Å². The maximum Gasteiger partial charge on any atom is 0.326 e. The molecule has 12 nitrogen and oxygen atoms in total. The molecule has 0 fully saturated rings. The summed E-state index contributed by atoms with van der Waals surface area (Å²) in [5.74, 6) is -0.784. The Kier molecular flexibility index (Phi) is 11.3. The van der Waals surface area contributed by atoms with E-state index in [-0.39, 0.29) is 31.8 Å². The highest BCUT2D eigenvalue weighted by Gasteiger charge is 2.39. The molecule has 0 aliphatic carbocycles. The van der Waals surface area contributed by atoms with Crippen molar-refractivity contribution in [1.82, 2.24) is 20.2 Å². The third-order valence-corrected chi connectivity index (χ3v) is 11.4. The van der Waals surface area contributed by atoms with Gasteiger partial charge in [-0.15, -0.1) is 0 Å². The molecule has 0 spiro atoms. The number of fused-ring (bicyclic) bond motifs is 2. The Labute approximate surface area is 349 Å². The Morgan fingerprint density at radius 1 is 0.932 bits per heavy atom. The lowest BCUT2D eigenvalue weighted by Gasteiger charge is -2.37. The Balaban J connectivity index is 0.970. The van der Waals surface area contributed by atoms with E-state index in [9.17, 15) is 19.5 Å². The van der Waals surface area contributed by atoms with Gasteiger partial charge in [0.25, 0.3) is 5.91 Å². The van der Waals surface area contributed by atoms with E-state index in [0.29, 0.717) is 33.9 Å². The van der Waals surface area contributed by atoms with Crippen molar-refractivity contribution in [2.24, 2.45) is 0 Å². The number of hydrogen-bond acceptors (Lipinski definition) is 9. The Morgan fingerprint density at radius 3 is 2.42 bits per heavy atom. The average molecular weight is 834 g/mol. The van der Waals surface area contributed by atoms with Gasteiger partial charge in [0.2, 0.25) is 11.7 Å². The molecule has 2 aliphatic rings. The number of nitrogens with one attached hydrogen (secondary N) is 1. The second kappa shape index (κ2) is 16.8. The van der Waals surface area contributed by atoms with Crippen LogP contribution in [0.4, 0.5) is 0 Å². The van der Waals surface area contributed by atoms with Crippen LogP contribution in [0.3, 0.4) is 0 Å². The summed E-state index contributed by atoms with van der Waals surface area (Å²) >= 11 is 12.2. The van der Waals surface area contributed by atoms with E-state index in [1.807, 2.05) is 86.6 Å². The van der Waals surface area contributed by atoms with Crippen LogP contribution in [0.1, 0.15) is 55.7 Å². The highest BCUT2D eigenvalue weighted by Crippen LogP contribution is 2.41. The van der Waals surface area contributed by atoms with Crippen LogP contribution in [0.25, 0.3) is 11.1 Å². The van der Waals surface area contributed by atoms with Crippen molar-refractivity contribution >= 4 is 41.0 Å². The zero-order chi connectivity index (χ0) is 41.2. The minimum atomic E-state index is -1.26. The minimum Gasteiger partial charge on any atom is -0.489 e. The lowest BCUT2D eigenvalue weighted by atomic mass is 9.91. The molecule has 8 rings (SSSR count). The van der Waals surface area contributed by atoms with Gasteiger partial charge in [0.15, 0.2) is 24.0 Å². The lowest BCUT2D eigenvalue weighted by molar-refractivity contribution is -0.142. The van der Waals surface area contributed by atoms with Crippen LogP contribution in [0, 0.1) is 13.8 Å². The maximum atomic E-state index is 14.1. The van der Waals surface area contributed by atoms with Crippen molar-refractivity contribution in [3.05, 3.63) is 159 Å². The largest absolute Gasteiger partial charge is 0.489 e. The third-order valence-electron chi connectivity index (χ3n) is 10.7. The Morgan fingerprint density at radius 2 is 1.69 bits per heavy atom. The van der Waals surface area contributed by atoms with Crippen LogP contribution in [0.15, 0.2) is 108 Å². The maximum absolute atomic E-state index is 14.1. The molecule has 0 radical (unpaired) electrons. The smallest absolute Gasteiger partial charge is 0.326 e. The molecule has 3 atom stereocenters. The van der Waals surface area contributed by atoms with Gasteiger partial charge in [-0.3, -0.25) is 14.6 Å². The van der Waals surface area contributed by atoms with E-state index in [0.717, 1.165) is 56.6 Å². The van der Waals surface area contributed by atoms with Crippen molar-refractivity contribution in [3.63, 3.8) is 0 Å². The molecule has 6 aromatic rings. The summed E-state index contributed by atoms with van der Waals surface area (Å²) in [6.45, 7) is 4.53. The SMILES string of the molecule is Cc1nccc(-c2ccc(C[C@H](NC(=O)[C@@H]3Cc4cc5c(cc4CN3C(=O)c3cnco3)O[C@@H](c3ccc(OCc4ccc(Cl)c(Cl)c4)cc3)CO5)C(=O)O)cc2)c1C. The summed E-state index contributed by atoms with van der Waals surface area (Å²) in [6.07, 6.45) is 3.88. The number of hydrogen-bond donors (Lipinski definition) is 2. The molecule has 2 amide bonds. The fourth-order valence-corrected chi connectivity index (χ4v) is 7.60. The van der Waals surface area contributed by atoms with Gasteiger partial charge in [0.1, 0.15) is 31.0 Å². The molecule has 0 saturated carbocycles. The average Bonchev–Trinajstić information content (AvgIpc) is 3.79. The van der Waals surface area contributed by atoms with Crippen LogP contribution in [0.2, 0.25) is 10.0 Å². The Hall–Kier alpha value is -6.37. The second-order valence-electron chi connectivity index (χ2n) is 14.5. The van der Waals surface area contributed by atoms with Gasteiger partial charge >= 0.3 is 5.97 Å². The van der Waals surface area contributed by atoms with Gasteiger partial charge in [-0.1, -0.05) is 65.7 Å². The number of pyridine rings is 1. The second-order valence-corrected chi connectivity index (χ2v) is 15.3. The molecule has 2 N–H and O–H groups in total. The molecule has 59 heavy (non-hydrogen) atoms. The van der Waals surface area contributed by atoms with Crippen LogP contribution in [-0.2, 0) is 35.6 Å². The van der Waals surface area contributed by atoms with Crippen LogP contribution >= 0.6 is 23.2 Å². The third kappa shape index (κ3) is 8.60. The van der Waals surface area contributed by atoms with E-state index in [1.54, 1.807) is 18.3 Å². The van der Waals surface area contributed by atoms with Crippen molar-refractivity contribution in [2.45, 2.75) is 58.0 Å². The molecule has 2 aliphatic heterocycles. The van der Waals surface area contributed by atoms with Gasteiger partial charge in [-0.2, -0.15) is 0 Å². The van der Waals surface area contributed by atoms with Crippen LogP contribution in [0.5, 0.6) is 17.2 Å². The standard InChI is InChI=1S/C45H38Cl2N4O8/c1-25-26(2)49-14-13-34(25)29-6-3-27(4-7-29)16-37(45(54)55)50-43(52)38-17-31-18-39-40(19-32(31)21-51(38)44(53)41-20-48-24-58-41)59-42(23-57-39)30-8-10-33(11-9-30)56-22-28-5-12-35(46)36(47)15-28/h3-15,18-20,24,37-38,42H,16-17,21-23H2,1-2H3,(H,50,52)(H,54,55)/t37-,38-,42+/m0/s1. The zero-order valence-corrected chi connectivity index (χ0v) is 33.5. The number of carbonyl (C=O) groups is 3. The number of carboxylic acids is 1. The number of ether oxygens (including phenoxy) is 3. The summed E-state index contributed by atoms with van der Waals surface area (Å²) in [5, 5.41) is 13.9. The molecule has 0 saturated heterocycles. The van der Waals surface area contributed by atoms with E-state index in [4.69, 9.17) is 41.8 Å². The van der Waals surface area contributed by atoms with Gasteiger partial charge in [0.05, 0.1) is 16.2 Å². The highest BCUT2D eigenvalue weighted by molar-refractivity contribution is 6.42. The molecule has 4 heterocycles. The predicted octanol–water partition coefficient (Wildman–Crippen LogP) is 8.13. The fraction of sp³-hybridized carbons (Fsp3) is 0.222. The van der Waals surface area contributed by atoms with Crippen molar-refractivity contribution < 1.29 is 38.1 Å². The summed E-state index contributed by atoms with van der Waals surface area (Å²) in [5.41, 5.74) is 7.98. The monoisotopic (exact) mass is 832 g/mol. The van der Waals surface area contributed by atoms with Gasteiger partial charge in [0, 0.05) is 31.3 Å². The number of aromatic nitrogens is 2. The number of aliphatic carboxylic acids is 1. The van der Waals surface area contributed by atoms with Crippen molar-refractivity contribution in [1.29, 1.82) is 0 Å². The molecule has 4 aromatic carbocycles. The number of oxazole rings is 1. The molecule has 2 aromatic heterocycles. The molecule has 14 heteroatoms. The van der Waals surface area contributed by atoms with E-state index >= 15 is 0 Å². The number of aryl methyl sites for hydroxylation is 1. The molecular formula is C45H38Cl2N4O8. The summed E-state index contributed by atoms with van der Waals surface area (Å²) < 4.78 is 23.9. The summed E-state index contributed by atoms with van der Waals surface area (Å²) in [7, 11) is 0. The van der Waals surface area contributed by atoms with E-state index < -0.39 is 36.0 Å². The number of nitrogens with zero attached hydrogens (tertiary/aromatic N) is 3. The summed E-state index contributed by atoms with van der Waals surface area (Å²) in [4.78, 5) is 50.0. The lowest BCUT2D eigenvalue weighted by Crippen LogP contribution is -2.55. The first kappa shape index (κ1) is 39.5. The number of amides is 2. The first-order valence-corrected chi connectivity index (χ1v) is 19.6. The predicted molar refractivity (Wildman–Crippen MR) is 219 cm³/mol. The Bertz CT molecular complexity index is 2530. The molecule has 300 valence electrons. The van der Waals surface area contributed by atoms with Gasteiger partial charge in [-0.25, -0.2) is 9.78 Å². The topological polar surface area (TPSA) is 153 Å². The summed E-state index contributed by atoms with van der Waals surface area (Å²) in [6, 6.07) is 23.7. The first-order chi connectivity index (χ1) is 28.5. The normalized spacial score (nSPS) is 16.2. The fourth-order valence-electron chi connectivity index (χ4n) is 7.28.